The van der Waals surface area contributed by atoms with Crippen molar-refractivity contribution in [1.29, 1.82) is 0 Å². The van der Waals surface area contributed by atoms with Gasteiger partial charge in [0.1, 0.15) is 5.76 Å². The van der Waals surface area contributed by atoms with E-state index < -0.39 is 5.97 Å². The molecule has 0 saturated carbocycles. The zero-order valence-electron chi connectivity index (χ0n) is 11.1. The SMILES string of the molecule is CCOC(=O)c1ccc(-c2cc(C)c(Br)c(C)c2)o1. The van der Waals surface area contributed by atoms with Crippen molar-refractivity contribution < 1.29 is 13.9 Å². The monoisotopic (exact) mass is 322 g/mol. The maximum Gasteiger partial charge on any atom is 0.374 e. The third kappa shape index (κ3) is 2.89. The molecule has 0 unspecified atom stereocenters. The van der Waals surface area contributed by atoms with E-state index in [2.05, 4.69) is 15.9 Å². The number of benzene rings is 1. The predicted octanol–water partition coefficient (Wildman–Crippen LogP) is 4.50. The molecule has 0 amide bonds. The van der Waals surface area contributed by atoms with Crippen LogP contribution in [0.4, 0.5) is 0 Å². The molecule has 0 bridgehead atoms. The van der Waals surface area contributed by atoms with Crippen LogP contribution < -0.4 is 0 Å². The maximum atomic E-state index is 11.6. The van der Waals surface area contributed by atoms with Crippen LogP contribution in [0.2, 0.25) is 0 Å². The lowest BCUT2D eigenvalue weighted by Crippen LogP contribution is -2.02. The molecule has 0 radical (unpaired) electrons. The Kier molecular flexibility index (Phi) is 4.10. The van der Waals surface area contributed by atoms with E-state index in [-0.39, 0.29) is 5.76 Å². The van der Waals surface area contributed by atoms with Crippen LogP contribution in [0, 0.1) is 13.8 Å². The average Bonchev–Trinajstić information content (AvgIpc) is 2.85. The van der Waals surface area contributed by atoms with Gasteiger partial charge in [-0.3, -0.25) is 0 Å². The van der Waals surface area contributed by atoms with Crippen LogP contribution in [0.1, 0.15) is 28.6 Å². The first kappa shape index (κ1) is 13.9. The van der Waals surface area contributed by atoms with Gasteiger partial charge in [0, 0.05) is 10.0 Å². The first-order valence-corrected chi connectivity index (χ1v) is 6.86. The second-order valence-corrected chi connectivity index (χ2v) is 5.10. The van der Waals surface area contributed by atoms with Gasteiger partial charge in [0.2, 0.25) is 5.76 Å². The number of carbonyl (C=O) groups excluding carboxylic acids is 1. The number of ether oxygens (including phenoxy) is 1. The highest BCUT2D eigenvalue weighted by atomic mass is 79.9. The van der Waals surface area contributed by atoms with Crippen LogP contribution >= 0.6 is 15.9 Å². The summed E-state index contributed by atoms with van der Waals surface area (Å²) in [7, 11) is 0. The Morgan fingerprint density at radius 2 is 1.89 bits per heavy atom. The fraction of sp³-hybridized carbons (Fsp3) is 0.267. The smallest absolute Gasteiger partial charge is 0.374 e. The average molecular weight is 323 g/mol. The van der Waals surface area contributed by atoms with Gasteiger partial charge in [0.15, 0.2) is 0 Å². The quantitative estimate of drug-likeness (QED) is 0.781. The summed E-state index contributed by atoms with van der Waals surface area (Å²) in [6.45, 7) is 6.15. The van der Waals surface area contributed by atoms with Crippen molar-refractivity contribution in [2.45, 2.75) is 20.8 Å². The van der Waals surface area contributed by atoms with Crippen molar-refractivity contribution in [3.05, 3.63) is 45.6 Å². The first-order chi connectivity index (χ1) is 9.02. The van der Waals surface area contributed by atoms with E-state index in [1.165, 1.54) is 0 Å². The fourth-order valence-corrected chi connectivity index (χ4v) is 2.12. The molecule has 0 N–H and O–H groups in total. The molecule has 4 heteroatoms. The van der Waals surface area contributed by atoms with Crippen LogP contribution in [0.5, 0.6) is 0 Å². The molecule has 1 heterocycles. The van der Waals surface area contributed by atoms with Crippen molar-refractivity contribution in [3.8, 4) is 11.3 Å². The molecule has 100 valence electrons. The molecule has 1 aromatic carbocycles. The number of hydrogen-bond acceptors (Lipinski definition) is 3. The summed E-state index contributed by atoms with van der Waals surface area (Å²) >= 11 is 3.53. The number of aryl methyl sites for hydroxylation is 2. The van der Waals surface area contributed by atoms with Crippen molar-refractivity contribution in [2.24, 2.45) is 0 Å². The van der Waals surface area contributed by atoms with E-state index in [9.17, 15) is 4.79 Å². The summed E-state index contributed by atoms with van der Waals surface area (Å²) in [5.74, 6) is 0.469. The van der Waals surface area contributed by atoms with Gasteiger partial charge in [-0.2, -0.15) is 0 Å². The minimum atomic E-state index is -0.431. The van der Waals surface area contributed by atoms with Gasteiger partial charge in [-0.15, -0.1) is 0 Å². The lowest BCUT2D eigenvalue weighted by molar-refractivity contribution is 0.0491. The third-order valence-corrected chi connectivity index (χ3v) is 4.05. The number of rotatable bonds is 3. The molecule has 0 aliphatic heterocycles. The summed E-state index contributed by atoms with van der Waals surface area (Å²) < 4.78 is 11.5. The van der Waals surface area contributed by atoms with Crippen LogP contribution in [0.15, 0.2) is 33.2 Å². The Hall–Kier alpha value is -1.55. The van der Waals surface area contributed by atoms with E-state index in [4.69, 9.17) is 9.15 Å². The molecule has 0 aliphatic rings. The van der Waals surface area contributed by atoms with E-state index in [0.717, 1.165) is 21.2 Å². The van der Waals surface area contributed by atoms with E-state index in [1.807, 2.05) is 26.0 Å². The molecule has 0 fully saturated rings. The molecular formula is C15H15BrO3. The fourth-order valence-electron chi connectivity index (χ4n) is 1.89. The van der Waals surface area contributed by atoms with Crippen LogP contribution in [0.3, 0.4) is 0 Å². The van der Waals surface area contributed by atoms with Crippen LogP contribution in [-0.4, -0.2) is 12.6 Å². The second-order valence-electron chi connectivity index (χ2n) is 4.31. The lowest BCUT2D eigenvalue weighted by atomic mass is 10.1. The Labute approximate surface area is 120 Å². The van der Waals surface area contributed by atoms with Gasteiger partial charge in [0.05, 0.1) is 6.61 Å². The largest absolute Gasteiger partial charge is 0.460 e. The Morgan fingerprint density at radius 1 is 1.26 bits per heavy atom. The third-order valence-electron chi connectivity index (χ3n) is 2.80. The highest BCUT2D eigenvalue weighted by Gasteiger charge is 2.14. The summed E-state index contributed by atoms with van der Waals surface area (Å²) in [6, 6.07) is 7.46. The summed E-state index contributed by atoms with van der Waals surface area (Å²) in [5.41, 5.74) is 3.21. The topological polar surface area (TPSA) is 39.4 Å². The van der Waals surface area contributed by atoms with E-state index in [1.54, 1.807) is 19.1 Å². The van der Waals surface area contributed by atoms with Gasteiger partial charge in [-0.05, 0) is 56.2 Å². The zero-order valence-corrected chi connectivity index (χ0v) is 12.7. The molecule has 3 nitrogen and oxygen atoms in total. The normalized spacial score (nSPS) is 10.5. The lowest BCUT2D eigenvalue weighted by Gasteiger charge is -2.06. The van der Waals surface area contributed by atoms with E-state index in [0.29, 0.717) is 12.4 Å². The summed E-state index contributed by atoms with van der Waals surface area (Å²) in [6.07, 6.45) is 0. The number of furan rings is 1. The second kappa shape index (κ2) is 5.61. The number of carbonyl (C=O) groups is 1. The van der Waals surface area contributed by atoms with Crippen molar-refractivity contribution in [2.75, 3.05) is 6.61 Å². The van der Waals surface area contributed by atoms with Gasteiger partial charge >= 0.3 is 5.97 Å². The van der Waals surface area contributed by atoms with Gasteiger partial charge in [-0.25, -0.2) is 4.79 Å². The van der Waals surface area contributed by atoms with Crippen molar-refractivity contribution in [1.82, 2.24) is 0 Å². The Bertz CT molecular complexity index is 591. The van der Waals surface area contributed by atoms with Gasteiger partial charge in [0.25, 0.3) is 0 Å². The molecule has 0 saturated heterocycles. The summed E-state index contributed by atoms with van der Waals surface area (Å²) in [4.78, 5) is 11.6. The van der Waals surface area contributed by atoms with Crippen LogP contribution in [0.25, 0.3) is 11.3 Å². The minimum absolute atomic E-state index is 0.232. The van der Waals surface area contributed by atoms with Crippen LogP contribution in [-0.2, 0) is 4.74 Å². The Balaban J connectivity index is 2.35. The number of hydrogen-bond donors (Lipinski definition) is 0. The minimum Gasteiger partial charge on any atom is -0.460 e. The molecule has 0 spiro atoms. The molecule has 19 heavy (non-hydrogen) atoms. The molecule has 1 aromatic heterocycles. The highest BCUT2D eigenvalue weighted by molar-refractivity contribution is 9.10. The van der Waals surface area contributed by atoms with Crippen molar-refractivity contribution in [3.63, 3.8) is 0 Å². The van der Waals surface area contributed by atoms with Crippen molar-refractivity contribution >= 4 is 21.9 Å². The standard InChI is InChI=1S/C15H15BrO3/c1-4-18-15(17)13-6-5-12(19-13)11-7-9(2)14(16)10(3)8-11/h5-8H,4H2,1-3H3. The molecule has 0 atom stereocenters. The molecule has 0 aliphatic carbocycles. The Morgan fingerprint density at radius 3 is 2.47 bits per heavy atom. The van der Waals surface area contributed by atoms with E-state index >= 15 is 0 Å². The summed E-state index contributed by atoms with van der Waals surface area (Å²) in [5, 5.41) is 0. The van der Waals surface area contributed by atoms with Gasteiger partial charge in [-0.1, -0.05) is 15.9 Å². The zero-order chi connectivity index (χ0) is 14.0. The number of halogens is 1. The molecule has 2 aromatic rings. The molecule has 2 rings (SSSR count). The number of esters is 1. The molecular weight excluding hydrogens is 308 g/mol. The first-order valence-electron chi connectivity index (χ1n) is 6.07. The predicted molar refractivity (Wildman–Crippen MR) is 77.3 cm³/mol. The maximum absolute atomic E-state index is 11.6. The highest BCUT2D eigenvalue weighted by Crippen LogP contribution is 2.29. The van der Waals surface area contributed by atoms with Gasteiger partial charge < -0.3 is 9.15 Å².